The Bertz CT molecular complexity index is 497. The van der Waals surface area contributed by atoms with E-state index < -0.39 is 0 Å². The summed E-state index contributed by atoms with van der Waals surface area (Å²) in [5, 5.41) is 0. The van der Waals surface area contributed by atoms with Gasteiger partial charge in [0.05, 0.1) is 4.79 Å². The maximum Gasteiger partial charge on any atom is 0.638 e. The first kappa shape index (κ1) is 13.3. The van der Waals surface area contributed by atoms with Crippen molar-refractivity contribution in [1.29, 1.82) is 0 Å². The van der Waals surface area contributed by atoms with E-state index >= 15 is 0 Å². The Morgan fingerprint density at radius 1 is 0.895 bits per heavy atom. The van der Waals surface area contributed by atoms with E-state index in [-0.39, 0.29) is 5.97 Å². The monoisotopic (exact) mass is 256 g/mol. The van der Waals surface area contributed by atoms with Gasteiger partial charge in [-0.3, -0.25) is 0 Å². The van der Waals surface area contributed by atoms with E-state index in [1.165, 1.54) is 0 Å². The minimum absolute atomic E-state index is 0.181. The zero-order chi connectivity index (χ0) is 13.3. The zero-order valence-corrected chi connectivity index (χ0v) is 10.8. The Hall–Kier alpha value is -2.13. The van der Waals surface area contributed by atoms with Crippen molar-refractivity contribution in [2.45, 2.75) is 19.4 Å². The molecule has 2 aromatic carbocycles. The first-order chi connectivity index (χ1) is 9.34. The second kappa shape index (κ2) is 7.34. The molecule has 19 heavy (non-hydrogen) atoms. The van der Waals surface area contributed by atoms with Crippen LogP contribution in [-0.2, 0) is 22.6 Å². The molecular weight excluding hydrogens is 238 g/mol. The van der Waals surface area contributed by atoms with Gasteiger partial charge in [0.25, 0.3) is 0 Å². The Morgan fingerprint density at radius 3 is 2.11 bits per heavy atom. The molecule has 0 heterocycles. The summed E-state index contributed by atoms with van der Waals surface area (Å²) in [6.07, 6.45) is 1.13. The number of carbonyl (C=O) groups excluding carboxylic acids is 1. The van der Waals surface area contributed by atoms with Crippen LogP contribution in [0.1, 0.15) is 17.5 Å². The fourth-order valence-electron chi connectivity index (χ4n) is 1.79. The lowest BCUT2D eigenvalue weighted by molar-refractivity contribution is -0.884. The highest BCUT2D eigenvalue weighted by Crippen LogP contribution is 2.02. The van der Waals surface area contributed by atoms with Crippen LogP contribution in [0.3, 0.4) is 0 Å². The van der Waals surface area contributed by atoms with Gasteiger partial charge in [0, 0.05) is 5.56 Å². The number of nitrogens with two attached hydrogens (primary N) is 1. The van der Waals surface area contributed by atoms with Crippen molar-refractivity contribution >= 4 is 5.97 Å². The number of hydrogen-bond donors (Lipinski definition) is 1. The van der Waals surface area contributed by atoms with Gasteiger partial charge in [0.2, 0.25) is 0 Å². The smallest absolute Gasteiger partial charge is 0.0896 e. The fourth-order valence-corrected chi connectivity index (χ4v) is 1.79. The molecule has 0 aliphatic heterocycles. The fraction of sp³-hybridized carbons (Fsp3) is 0.188. The van der Waals surface area contributed by atoms with Crippen LogP contribution in [0.2, 0.25) is 0 Å². The van der Waals surface area contributed by atoms with E-state index in [4.69, 9.17) is 4.84 Å². The van der Waals surface area contributed by atoms with Crippen molar-refractivity contribution < 1.29 is 15.1 Å². The molecule has 1 radical (unpaired) electrons. The zero-order valence-electron chi connectivity index (χ0n) is 10.8. The van der Waals surface area contributed by atoms with E-state index in [0.29, 0.717) is 13.0 Å². The van der Waals surface area contributed by atoms with Crippen LogP contribution in [0.25, 0.3) is 0 Å². The minimum atomic E-state index is -0.181. The molecule has 2 aromatic rings. The van der Waals surface area contributed by atoms with Crippen LogP contribution in [0.5, 0.6) is 0 Å². The second-order valence-electron chi connectivity index (χ2n) is 4.33. The summed E-state index contributed by atoms with van der Waals surface area (Å²) in [5.41, 5.74) is 3.86. The first-order valence-corrected chi connectivity index (χ1v) is 6.43. The van der Waals surface area contributed by atoms with E-state index in [1.807, 2.05) is 60.7 Å². The summed E-state index contributed by atoms with van der Waals surface area (Å²) in [7, 11) is 0. The van der Waals surface area contributed by atoms with Crippen LogP contribution in [0.4, 0.5) is 0 Å². The first-order valence-electron chi connectivity index (χ1n) is 6.43. The summed E-state index contributed by atoms with van der Waals surface area (Å²) in [6.45, 7) is 0.651. The number of hydrogen-bond acceptors (Lipinski definition) is 2. The van der Waals surface area contributed by atoms with Crippen molar-refractivity contribution in [3.05, 3.63) is 71.8 Å². The largest absolute Gasteiger partial charge is 0.638 e. The van der Waals surface area contributed by atoms with Gasteiger partial charge in [-0.25, -0.2) is 0 Å². The van der Waals surface area contributed by atoms with Crippen molar-refractivity contribution in [2.75, 3.05) is 0 Å². The number of aryl methyl sites for hydroxylation is 1. The maximum absolute atomic E-state index is 11.6. The highest BCUT2D eigenvalue weighted by atomic mass is 16.7. The molecule has 2 N–H and O–H groups in total. The number of rotatable bonds is 6. The van der Waals surface area contributed by atoms with Crippen molar-refractivity contribution in [2.24, 2.45) is 0 Å². The molecule has 2 rings (SSSR count). The third-order valence-corrected chi connectivity index (χ3v) is 2.84. The lowest BCUT2D eigenvalue weighted by Gasteiger charge is -1.95. The average Bonchev–Trinajstić information content (AvgIpc) is 2.47. The Morgan fingerprint density at radius 2 is 1.47 bits per heavy atom. The third kappa shape index (κ3) is 4.94. The maximum atomic E-state index is 11.6. The highest BCUT2D eigenvalue weighted by molar-refractivity contribution is 5.68. The molecule has 0 spiro atoms. The van der Waals surface area contributed by atoms with Crippen molar-refractivity contribution in [1.82, 2.24) is 0 Å². The Labute approximate surface area is 113 Å². The molecule has 97 valence electrons. The third-order valence-electron chi connectivity index (χ3n) is 2.84. The topological polar surface area (TPSA) is 45.7 Å². The summed E-state index contributed by atoms with van der Waals surface area (Å²) >= 11 is 0. The van der Waals surface area contributed by atoms with E-state index in [1.54, 1.807) is 5.48 Å². The lowest BCUT2D eigenvalue weighted by Crippen LogP contribution is -2.82. The van der Waals surface area contributed by atoms with E-state index in [0.717, 1.165) is 17.5 Å². The molecular formula is C16H18NO2+2. The Kier molecular flexibility index (Phi) is 5.14. The molecule has 0 fully saturated rings. The molecule has 0 aliphatic rings. The SMILES string of the molecule is [O+]=C(CCc1ccccc1)O[NH2+]Cc1ccccc1. The van der Waals surface area contributed by atoms with Crippen molar-refractivity contribution in [3.8, 4) is 0 Å². The summed E-state index contributed by atoms with van der Waals surface area (Å²) in [6, 6.07) is 19.9. The predicted octanol–water partition coefficient (Wildman–Crippen LogP) is 1.84. The average molecular weight is 256 g/mol. The molecule has 0 aliphatic carbocycles. The number of hydroxylamine groups is 1. The van der Waals surface area contributed by atoms with Gasteiger partial charge in [-0.05, 0) is 12.0 Å². The van der Waals surface area contributed by atoms with Gasteiger partial charge in [-0.1, -0.05) is 71.0 Å². The lowest BCUT2D eigenvalue weighted by atomic mass is 10.1. The van der Waals surface area contributed by atoms with Gasteiger partial charge < -0.3 is 0 Å². The van der Waals surface area contributed by atoms with Crippen molar-refractivity contribution in [3.63, 3.8) is 0 Å². The minimum Gasteiger partial charge on any atom is -0.0896 e. The number of benzene rings is 2. The highest BCUT2D eigenvalue weighted by Gasteiger charge is 2.20. The molecule has 3 heteroatoms. The van der Waals surface area contributed by atoms with Gasteiger partial charge in [0.15, 0.2) is 6.54 Å². The summed E-state index contributed by atoms with van der Waals surface area (Å²) in [5.74, 6) is -0.181. The molecule has 3 nitrogen and oxygen atoms in total. The quantitative estimate of drug-likeness (QED) is 0.633. The van der Waals surface area contributed by atoms with Crippen LogP contribution in [-0.4, -0.2) is 5.97 Å². The summed E-state index contributed by atoms with van der Waals surface area (Å²) < 4.78 is 0. The van der Waals surface area contributed by atoms with Gasteiger partial charge in [-0.2, -0.15) is 0 Å². The molecule has 0 aromatic heterocycles. The van der Waals surface area contributed by atoms with Crippen LogP contribution in [0, 0.1) is 0 Å². The van der Waals surface area contributed by atoms with Crippen LogP contribution in [0.15, 0.2) is 60.7 Å². The van der Waals surface area contributed by atoms with Crippen LogP contribution < -0.4 is 5.48 Å². The Balaban J connectivity index is 1.65. The molecule has 0 unspecified atom stereocenters. The van der Waals surface area contributed by atoms with Crippen LogP contribution >= 0.6 is 0 Å². The summed E-state index contributed by atoms with van der Waals surface area (Å²) in [4.78, 5) is 16.7. The van der Waals surface area contributed by atoms with E-state index in [2.05, 4.69) is 0 Å². The van der Waals surface area contributed by atoms with Gasteiger partial charge in [0.1, 0.15) is 6.42 Å². The standard InChI is InChI=1S/C16H17NO2/c18-16(12-11-14-7-3-1-4-8-14)19-17-13-15-9-5-2-6-10-15/h1-10,17H,11-13H2/q+1/p+1. The molecule has 0 atom stereocenters. The van der Waals surface area contributed by atoms with E-state index in [9.17, 15) is 4.79 Å². The molecule has 0 saturated heterocycles. The molecule has 0 amide bonds. The second-order valence-corrected chi connectivity index (χ2v) is 4.33. The van der Waals surface area contributed by atoms with Gasteiger partial charge >= 0.3 is 5.97 Å². The predicted molar refractivity (Wildman–Crippen MR) is 72.9 cm³/mol. The molecule has 0 saturated carbocycles. The molecule has 0 bridgehead atoms. The normalized spacial score (nSPS) is 10.1. The van der Waals surface area contributed by atoms with Gasteiger partial charge in [-0.15, -0.1) is 0 Å². The number of carbonyl (C=O) groups is 1. The number of quaternary nitrogens is 1.